The maximum Gasteiger partial charge on any atom is 0.338 e. The van der Waals surface area contributed by atoms with Crippen LogP contribution in [0.2, 0.25) is 5.02 Å². The second-order valence-corrected chi connectivity index (χ2v) is 12.4. The summed E-state index contributed by atoms with van der Waals surface area (Å²) in [5.74, 6) is -0.486. The molecular weight excluding hydrogens is 634 g/mol. The predicted octanol–water partition coefficient (Wildman–Crippen LogP) is 6.53. The van der Waals surface area contributed by atoms with E-state index >= 15 is 0 Å². The summed E-state index contributed by atoms with van der Waals surface area (Å²) in [4.78, 5) is 32.5. The van der Waals surface area contributed by atoms with E-state index in [0.717, 1.165) is 32.2 Å². The molecule has 5 aromatic rings. The first kappa shape index (κ1) is 28.4. The fourth-order valence-electron chi connectivity index (χ4n) is 5.50. The van der Waals surface area contributed by atoms with Crippen LogP contribution >= 0.6 is 38.9 Å². The van der Waals surface area contributed by atoms with E-state index in [2.05, 4.69) is 51.7 Å². The van der Waals surface area contributed by atoms with Crippen molar-refractivity contribution in [2.45, 2.75) is 33.4 Å². The van der Waals surface area contributed by atoms with Crippen LogP contribution in [0.15, 0.2) is 98.3 Å². The van der Waals surface area contributed by atoms with Crippen LogP contribution in [0.5, 0.6) is 0 Å². The molecule has 42 heavy (non-hydrogen) atoms. The Hall–Kier alpha value is -3.72. The highest BCUT2D eigenvalue weighted by Gasteiger charge is 2.33. The smallest absolute Gasteiger partial charge is 0.338 e. The number of benzene rings is 3. The van der Waals surface area contributed by atoms with Gasteiger partial charge in [0.15, 0.2) is 4.80 Å². The number of hydrogen-bond donors (Lipinski definition) is 0. The van der Waals surface area contributed by atoms with Gasteiger partial charge in [-0.1, -0.05) is 81.3 Å². The number of para-hydroxylation sites is 1. The van der Waals surface area contributed by atoms with Crippen molar-refractivity contribution in [3.05, 3.63) is 136 Å². The molecule has 0 saturated heterocycles. The first-order chi connectivity index (χ1) is 20.3. The molecular formula is C33H27BrClN3O3S. The van der Waals surface area contributed by atoms with Crippen molar-refractivity contribution in [3.8, 4) is 0 Å². The van der Waals surface area contributed by atoms with E-state index in [1.807, 2.05) is 42.5 Å². The Morgan fingerprint density at radius 2 is 1.79 bits per heavy atom. The Kier molecular flexibility index (Phi) is 7.79. The number of allylic oxidation sites excluding steroid dienone is 1. The van der Waals surface area contributed by atoms with E-state index in [-0.39, 0.29) is 12.2 Å². The standard InChI is InChI=1S/C33H27BrClN3O3S/c1-4-41-32(40)29-19(2)36-33-38(30(29)22-11-15-24(35)16-12-22)31(39)28(42-33)17-26-20(3)37(27-8-6-5-7-25(26)27)18-21-9-13-23(34)14-10-21/h5-17,30H,4,18H2,1-3H3/b28-17-/t30-/m1/s1. The molecule has 0 unspecified atom stereocenters. The van der Waals surface area contributed by atoms with E-state index in [1.165, 1.54) is 16.9 Å². The average Bonchev–Trinajstić information content (AvgIpc) is 3.42. The second-order valence-electron chi connectivity index (χ2n) is 10.1. The number of carbonyl (C=O) groups excluding carboxylic acids is 1. The summed E-state index contributed by atoms with van der Waals surface area (Å²) < 4.78 is 10.9. The summed E-state index contributed by atoms with van der Waals surface area (Å²) in [6.07, 6.45) is 1.96. The highest BCUT2D eigenvalue weighted by molar-refractivity contribution is 9.10. The van der Waals surface area contributed by atoms with Gasteiger partial charge < -0.3 is 9.30 Å². The summed E-state index contributed by atoms with van der Waals surface area (Å²) in [5, 5.41) is 1.63. The van der Waals surface area contributed by atoms with Crippen molar-refractivity contribution in [2.75, 3.05) is 6.61 Å². The molecule has 0 radical (unpaired) electrons. The van der Waals surface area contributed by atoms with Gasteiger partial charge in [-0.3, -0.25) is 9.36 Å². The van der Waals surface area contributed by atoms with Gasteiger partial charge in [-0.05, 0) is 68.3 Å². The highest BCUT2D eigenvalue weighted by Crippen LogP contribution is 2.32. The molecule has 2 aromatic heterocycles. The van der Waals surface area contributed by atoms with Gasteiger partial charge in [-0.15, -0.1) is 0 Å². The maximum absolute atomic E-state index is 14.1. The Balaban J connectivity index is 1.54. The van der Waals surface area contributed by atoms with E-state index in [4.69, 9.17) is 21.3 Å². The van der Waals surface area contributed by atoms with Gasteiger partial charge in [-0.2, -0.15) is 0 Å². The number of carbonyl (C=O) groups is 1. The highest BCUT2D eigenvalue weighted by atomic mass is 79.9. The molecule has 212 valence electrons. The van der Waals surface area contributed by atoms with E-state index in [9.17, 15) is 9.59 Å². The van der Waals surface area contributed by atoms with Crippen molar-refractivity contribution in [1.82, 2.24) is 9.13 Å². The molecule has 0 spiro atoms. The number of thiazole rings is 1. The topological polar surface area (TPSA) is 65.6 Å². The Morgan fingerprint density at radius 1 is 1.07 bits per heavy atom. The molecule has 0 amide bonds. The molecule has 6 rings (SSSR count). The van der Waals surface area contributed by atoms with Crippen LogP contribution in [0.25, 0.3) is 17.0 Å². The molecule has 0 aliphatic carbocycles. The second kappa shape index (κ2) is 11.5. The zero-order valence-electron chi connectivity index (χ0n) is 23.2. The molecule has 3 heterocycles. The monoisotopic (exact) mass is 659 g/mol. The van der Waals surface area contributed by atoms with Gasteiger partial charge in [0.1, 0.15) is 0 Å². The average molecular weight is 661 g/mol. The lowest BCUT2D eigenvalue weighted by molar-refractivity contribution is -0.139. The van der Waals surface area contributed by atoms with Crippen molar-refractivity contribution in [2.24, 2.45) is 4.99 Å². The molecule has 1 aliphatic rings. The molecule has 9 heteroatoms. The van der Waals surface area contributed by atoms with Crippen molar-refractivity contribution >= 4 is 61.8 Å². The number of fused-ring (bicyclic) bond motifs is 2. The van der Waals surface area contributed by atoms with Crippen molar-refractivity contribution in [1.29, 1.82) is 0 Å². The fraction of sp³-hybridized carbons (Fsp3) is 0.182. The van der Waals surface area contributed by atoms with Gasteiger partial charge in [0, 0.05) is 38.2 Å². The zero-order valence-corrected chi connectivity index (χ0v) is 26.4. The molecule has 0 fully saturated rings. The number of halogens is 2. The summed E-state index contributed by atoms with van der Waals surface area (Å²) in [5.41, 5.74) is 5.74. The molecule has 6 nitrogen and oxygen atoms in total. The SMILES string of the molecule is CCOC(=O)C1=C(C)N=c2s/c(=C\c3c(C)n(Cc4ccc(Br)cc4)c4ccccc34)c(=O)n2[C@@H]1c1ccc(Cl)cc1. The van der Waals surface area contributed by atoms with E-state index in [0.29, 0.717) is 32.2 Å². The van der Waals surface area contributed by atoms with Crippen molar-refractivity contribution < 1.29 is 9.53 Å². The van der Waals surface area contributed by atoms with Crippen LogP contribution in [-0.4, -0.2) is 21.7 Å². The lowest BCUT2D eigenvalue weighted by atomic mass is 9.96. The Labute approximate surface area is 260 Å². The summed E-state index contributed by atoms with van der Waals surface area (Å²) >= 11 is 11.0. The third-order valence-electron chi connectivity index (χ3n) is 7.51. The van der Waals surface area contributed by atoms with Crippen LogP contribution in [-0.2, 0) is 16.1 Å². The third kappa shape index (κ3) is 5.08. The quantitative estimate of drug-likeness (QED) is 0.195. The van der Waals surface area contributed by atoms with Crippen molar-refractivity contribution in [3.63, 3.8) is 0 Å². The minimum absolute atomic E-state index is 0.211. The maximum atomic E-state index is 14.1. The summed E-state index contributed by atoms with van der Waals surface area (Å²) in [6.45, 7) is 6.55. The number of rotatable bonds is 6. The van der Waals surface area contributed by atoms with Crippen LogP contribution < -0.4 is 14.9 Å². The number of hydrogen-bond acceptors (Lipinski definition) is 5. The molecule has 0 bridgehead atoms. The summed E-state index contributed by atoms with van der Waals surface area (Å²) in [7, 11) is 0. The third-order valence-corrected chi connectivity index (χ3v) is 9.28. The first-order valence-electron chi connectivity index (χ1n) is 13.5. The molecule has 1 aliphatic heterocycles. The summed E-state index contributed by atoms with van der Waals surface area (Å²) in [6, 6.07) is 23.0. The van der Waals surface area contributed by atoms with Gasteiger partial charge in [0.25, 0.3) is 5.56 Å². The Bertz CT molecular complexity index is 2050. The van der Waals surface area contributed by atoms with Crippen LogP contribution in [0, 0.1) is 6.92 Å². The molecule has 3 aromatic carbocycles. The fourth-order valence-corrected chi connectivity index (χ4v) is 6.92. The van der Waals surface area contributed by atoms with E-state index in [1.54, 1.807) is 30.5 Å². The largest absolute Gasteiger partial charge is 0.463 e. The lowest BCUT2D eigenvalue weighted by Crippen LogP contribution is -2.39. The Morgan fingerprint density at radius 3 is 2.50 bits per heavy atom. The van der Waals surface area contributed by atoms with Gasteiger partial charge in [0.2, 0.25) is 0 Å². The van der Waals surface area contributed by atoms with Gasteiger partial charge >= 0.3 is 5.97 Å². The van der Waals surface area contributed by atoms with Gasteiger partial charge in [0.05, 0.1) is 28.5 Å². The van der Waals surface area contributed by atoms with Crippen LogP contribution in [0.3, 0.4) is 0 Å². The predicted molar refractivity (Wildman–Crippen MR) is 172 cm³/mol. The van der Waals surface area contributed by atoms with Crippen LogP contribution in [0.1, 0.15) is 42.3 Å². The molecule has 0 N–H and O–H groups in total. The lowest BCUT2D eigenvalue weighted by Gasteiger charge is -2.24. The minimum atomic E-state index is -0.681. The normalized spacial score (nSPS) is 15.2. The minimum Gasteiger partial charge on any atom is -0.463 e. The zero-order chi connectivity index (χ0) is 29.5. The van der Waals surface area contributed by atoms with Gasteiger partial charge in [-0.25, -0.2) is 9.79 Å². The number of nitrogens with zero attached hydrogens (tertiary/aromatic N) is 3. The molecule has 0 saturated carbocycles. The van der Waals surface area contributed by atoms with Crippen LogP contribution in [0.4, 0.5) is 0 Å². The number of ether oxygens (including phenoxy) is 1. The molecule has 1 atom stereocenters. The van der Waals surface area contributed by atoms with E-state index < -0.39 is 12.0 Å². The first-order valence-corrected chi connectivity index (χ1v) is 15.5. The number of aromatic nitrogens is 2. The number of esters is 1.